The monoisotopic (exact) mass is 288 g/mol. The molecule has 0 amide bonds. The fourth-order valence-electron chi connectivity index (χ4n) is 1.95. The van der Waals surface area contributed by atoms with E-state index in [2.05, 4.69) is 5.32 Å². The maximum atomic E-state index is 10.8. The van der Waals surface area contributed by atoms with Crippen LogP contribution in [-0.4, -0.2) is 23.7 Å². The minimum atomic E-state index is -0.660. The van der Waals surface area contributed by atoms with Crippen molar-refractivity contribution >= 4 is 11.4 Å². The number of nitro benzene ring substituents is 1. The Morgan fingerprint density at radius 1 is 1.29 bits per heavy atom. The molecule has 2 rings (SSSR count). The maximum Gasteiger partial charge on any atom is 0.311 e. The number of hydrogen-bond donors (Lipinski definition) is 2. The average Bonchev–Trinajstić information content (AvgIpc) is 2.52. The van der Waals surface area contributed by atoms with Crippen LogP contribution in [0.3, 0.4) is 0 Å². The van der Waals surface area contributed by atoms with Crippen LogP contribution in [0.5, 0.6) is 5.75 Å². The van der Waals surface area contributed by atoms with E-state index >= 15 is 0 Å². The first-order valence-electron chi connectivity index (χ1n) is 6.41. The molecular weight excluding hydrogens is 272 g/mol. The Morgan fingerprint density at radius 2 is 2.00 bits per heavy atom. The minimum Gasteiger partial charge on any atom is -0.490 e. The molecule has 0 aliphatic carbocycles. The smallest absolute Gasteiger partial charge is 0.311 e. The Labute approximate surface area is 122 Å². The fraction of sp³-hybridized carbons (Fsp3) is 0.200. The zero-order chi connectivity index (χ0) is 15.2. The Bertz CT molecular complexity index is 616. The number of nitrogens with one attached hydrogen (secondary N) is 1. The molecule has 0 aromatic heterocycles. The maximum absolute atomic E-state index is 10.8. The highest BCUT2D eigenvalue weighted by atomic mass is 16.6. The average molecular weight is 288 g/mol. The van der Waals surface area contributed by atoms with Gasteiger partial charge in [-0.2, -0.15) is 0 Å². The van der Waals surface area contributed by atoms with Crippen LogP contribution in [-0.2, 0) is 0 Å². The normalized spacial score (nSPS) is 11.7. The van der Waals surface area contributed by atoms with Gasteiger partial charge in [0.2, 0.25) is 0 Å². The van der Waals surface area contributed by atoms with Crippen LogP contribution in [0.2, 0.25) is 0 Å². The first kappa shape index (κ1) is 14.8. The molecule has 6 nitrogen and oxygen atoms in total. The molecule has 1 atom stereocenters. The number of aliphatic hydroxyl groups is 1. The van der Waals surface area contributed by atoms with E-state index in [1.165, 1.54) is 19.2 Å². The Balaban J connectivity index is 2.05. The SMILES string of the molecule is COc1cc(NCC(O)c2ccccc2)ccc1[N+](=O)[O-]. The highest BCUT2D eigenvalue weighted by molar-refractivity contribution is 5.58. The van der Waals surface area contributed by atoms with Gasteiger partial charge in [-0.25, -0.2) is 0 Å². The molecule has 0 aliphatic heterocycles. The van der Waals surface area contributed by atoms with E-state index in [-0.39, 0.29) is 11.4 Å². The topological polar surface area (TPSA) is 84.6 Å². The summed E-state index contributed by atoms with van der Waals surface area (Å²) in [4.78, 5) is 10.3. The van der Waals surface area contributed by atoms with Crippen LogP contribution in [0, 0.1) is 10.1 Å². The third-order valence-corrected chi connectivity index (χ3v) is 3.06. The Kier molecular flexibility index (Phi) is 4.73. The van der Waals surface area contributed by atoms with Gasteiger partial charge in [-0.15, -0.1) is 0 Å². The van der Waals surface area contributed by atoms with Crippen LogP contribution in [0.15, 0.2) is 48.5 Å². The number of nitrogens with zero attached hydrogens (tertiary/aromatic N) is 1. The summed E-state index contributed by atoms with van der Waals surface area (Å²) in [6, 6.07) is 13.8. The lowest BCUT2D eigenvalue weighted by Crippen LogP contribution is -2.12. The zero-order valence-electron chi connectivity index (χ0n) is 11.5. The molecular formula is C15H16N2O4. The predicted molar refractivity (Wildman–Crippen MR) is 79.5 cm³/mol. The summed E-state index contributed by atoms with van der Waals surface area (Å²) in [5, 5.41) is 23.9. The minimum absolute atomic E-state index is 0.0911. The molecule has 2 aromatic rings. The van der Waals surface area contributed by atoms with Gasteiger partial charge in [0.15, 0.2) is 5.75 Å². The third-order valence-electron chi connectivity index (χ3n) is 3.06. The van der Waals surface area contributed by atoms with E-state index < -0.39 is 11.0 Å². The molecule has 1 unspecified atom stereocenters. The number of ether oxygens (including phenoxy) is 1. The molecule has 21 heavy (non-hydrogen) atoms. The summed E-state index contributed by atoms with van der Waals surface area (Å²) in [6.07, 6.45) is -0.660. The van der Waals surface area contributed by atoms with Crippen LogP contribution in [0.1, 0.15) is 11.7 Å². The Morgan fingerprint density at radius 3 is 2.62 bits per heavy atom. The van der Waals surface area contributed by atoms with E-state index in [0.29, 0.717) is 12.2 Å². The van der Waals surface area contributed by atoms with Gasteiger partial charge < -0.3 is 15.2 Å². The first-order chi connectivity index (χ1) is 10.1. The number of aliphatic hydroxyl groups excluding tert-OH is 1. The summed E-state index contributed by atoms with van der Waals surface area (Å²) < 4.78 is 4.99. The molecule has 0 aliphatic rings. The molecule has 0 fully saturated rings. The number of rotatable bonds is 6. The van der Waals surface area contributed by atoms with Crippen LogP contribution < -0.4 is 10.1 Å². The lowest BCUT2D eigenvalue weighted by Gasteiger charge is -2.13. The van der Waals surface area contributed by atoms with Crippen molar-refractivity contribution in [1.82, 2.24) is 0 Å². The summed E-state index contributed by atoms with van der Waals surface area (Å²) >= 11 is 0. The number of anilines is 1. The molecule has 0 radical (unpaired) electrons. The van der Waals surface area contributed by atoms with E-state index in [9.17, 15) is 15.2 Å². The van der Waals surface area contributed by atoms with E-state index in [4.69, 9.17) is 4.74 Å². The van der Waals surface area contributed by atoms with Gasteiger partial charge in [-0.3, -0.25) is 10.1 Å². The van der Waals surface area contributed by atoms with E-state index in [1.54, 1.807) is 6.07 Å². The summed E-state index contributed by atoms with van der Waals surface area (Å²) in [5.74, 6) is 0.180. The van der Waals surface area contributed by atoms with Gasteiger partial charge in [-0.1, -0.05) is 30.3 Å². The van der Waals surface area contributed by atoms with Gasteiger partial charge in [0.1, 0.15) is 0 Å². The molecule has 0 saturated carbocycles. The van der Waals surface area contributed by atoms with Gasteiger partial charge >= 0.3 is 5.69 Å². The van der Waals surface area contributed by atoms with Crippen molar-refractivity contribution in [2.24, 2.45) is 0 Å². The second kappa shape index (κ2) is 6.71. The highest BCUT2D eigenvalue weighted by Gasteiger charge is 2.15. The quantitative estimate of drug-likeness (QED) is 0.630. The van der Waals surface area contributed by atoms with Crippen LogP contribution in [0.25, 0.3) is 0 Å². The van der Waals surface area contributed by atoms with Crippen LogP contribution >= 0.6 is 0 Å². The number of hydrogen-bond acceptors (Lipinski definition) is 5. The lowest BCUT2D eigenvalue weighted by molar-refractivity contribution is -0.385. The van der Waals surface area contributed by atoms with Gasteiger partial charge in [0, 0.05) is 24.4 Å². The fourth-order valence-corrected chi connectivity index (χ4v) is 1.95. The predicted octanol–water partition coefficient (Wildman–Crippen LogP) is 2.75. The van der Waals surface area contributed by atoms with Crippen molar-refractivity contribution in [2.45, 2.75) is 6.10 Å². The zero-order valence-corrected chi connectivity index (χ0v) is 11.5. The lowest BCUT2D eigenvalue weighted by atomic mass is 10.1. The van der Waals surface area contributed by atoms with Gasteiger partial charge in [0.05, 0.1) is 18.1 Å². The van der Waals surface area contributed by atoms with Crippen LogP contribution in [0.4, 0.5) is 11.4 Å². The molecule has 2 aromatic carbocycles. The number of methoxy groups -OCH3 is 1. The molecule has 6 heteroatoms. The number of benzene rings is 2. The third kappa shape index (κ3) is 3.70. The Hall–Kier alpha value is -2.60. The van der Waals surface area contributed by atoms with Crippen molar-refractivity contribution in [3.63, 3.8) is 0 Å². The molecule has 0 spiro atoms. The van der Waals surface area contributed by atoms with Crippen molar-refractivity contribution in [1.29, 1.82) is 0 Å². The molecule has 0 heterocycles. The largest absolute Gasteiger partial charge is 0.490 e. The van der Waals surface area contributed by atoms with E-state index in [0.717, 1.165) is 5.56 Å². The number of nitro groups is 1. The first-order valence-corrected chi connectivity index (χ1v) is 6.41. The van der Waals surface area contributed by atoms with Crippen molar-refractivity contribution < 1.29 is 14.8 Å². The molecule has 2 N–H and O–H groups in total. The summed E-state index contributed by atoms with van der Waals surface area (Å²) in [5.41, 5.74) is 1.36. The van der Waals surface area contributed by atoms with Crippen molar-refractivity contribution in [3.05, 3.63) is 64.2 Å². The van der Waals surface area contributed by atoms with Gasteiger partial charge in [-0.05, 0) is 11.6 Å². The second-order valence-electron chi connectivity index (χ2n) is 4.45. The molecule has 0 bridgehead atoms. The van der Waals surface area contributed by atoms with E-state index in [1.807, 2.05) is 30.3 Å². The van der Waals surface area contributed by atoms with Gasteiger partial charge in [0.25, 0.3) is 0 Å². The highest BCUT2D eigenvalue weighted by Crippen LogP contribution is 2.29. The summed E-state index contributed by atoms with van der Waals surface area (Å²) in [6.45, 7) is 0.297. The molecule has 0 saturated heterocycles. The van der Waals surface area contributed by atoms with Crippen molar-refractivity contribution in [2.75, 3.05) is 19.0 Å². The molecule has 110 valence electrons. The standard InChI is InChI=1S/C15H16N2O4/c1-21-15-9-12(7-8-13(15)17(19)20)16-10-14(18)11-5-3-2-4-6-11/h2-9,14,16,18H,10H2,1H3. The second-order valence-corrected chi connectivity index (χ2v) is 4.45. The van der Waals surface area contributed by atoms with Crippen molar-refractivity contribution in [3.8, 4) is 5.75 Å². The summed E-state index contributed by atoms with van der Waals surface area (Å²) in [7, 11) is 1.38.